The fraction of sp³-hybridized carbons (Fsp3) is 0.321. The molecule has 0 bridgehead atoms. The minimum Gasteiger partial charge on any atom is -0.393 e. The Kier molecular flexibility index (Phi) is 7.75. The molecule has 1 aliphatic rings. The summed E-state index contributed by atoms with van der Waals surface area (Å²) in [7, 11) is -3.33. The van der Waals surface area contributed by atoms with E-state index < -0.39 is 21.0 Å². The normalized spacial score (nSPS) is 19.9. The molecule has 37 heavy (non-hydrogen) atoms. The van der Waals surface area contributed by atoms with E-state index in [0.717, 1.165) is 5.56 Å². The average molecular weight is 562 g/mol. The predicted molar refractivity (Wildman–Crippen MR) is 147 cm³/mol. The number of hydrogen-bond donors (Lipinski definition) is 2. The van der Waals surface area contributed by atoms with Crippen molar-refractivity contribution in [3.8, 4) is 0 Å². The van der Waals surface area contributed by atoms with E-state index in [1.54, 1.807) is 63.4 Å². The van der Waals surface area contributed by atoms with Crippen LogP contribution in [-0.2, 0) is 27.4 Å². The van der Waals surface area contributed by atoms with Crippen LogP contribution in [0.15, 0.2) is 77.9 Å². The van der Waals surface area contributed by atoms with Gasteiger partial charge in [0.1, 0.15) is 17.0 Å². The second kappa shape index (κ2) is 10.4. The summed E-state index contributed by atoms with van der Waals surface area (Å²) in [6.45, 7) is 4.66. The van der Waals surface area contributed by atoms with Crippen LogP contribution in [0.3, 0.4) is 0 Å². The van der Waals surface area contributed by atoms with E-state index in [2.05, 4.69) is 0 Å². The van der Waals surface area contributed by atoms with E-state index in [1.807, 2.05) is 34.9 Å². The van der Waals surface area contributed by atoms with Gasteiger partial charge in [0.15, 0.2) is 9.84 Å². The van der Waals surface area contributed by atoms with Gasteiger partial charge in [-0.05, 0) is 49.2 Å². The zero-order chi connectivity index (χ0) is 27.0. The maximum absolute atomic E-state index is 12.4. The number of sulfone groups is 1. The third-order valence-corrected chi connectivity index (χ3v) is 9.11. The first kappa shape index (κ1) is 27.6. The Bertz CT molecular complexity index is 1440. The summed E-state index contributed by atoms with van der Waals surface area (Å²) in [4.78, 5) is 4.99. The molecular formula is C28H30Cl2N2O4S. The van der Waals surface area contributed by atoms with Gasteiger partial charge in [-0.25, -0.2) is 13.4 Å². The van der Waals surface area contributed by atoms with E-state index in [1.165, 1.54) is 0 Å². The van der Waals surface area contributed by atoms with Crippen molar-refractivity contribution < 1.29 is 18.6 Å². The first-order valence-corrected chi connectivity index (χ1v) is 14.4. The van der Waals surface area contributed by atoms with Crippen LogP contribution in [0.2, 0.25) is 10.0 Å². The molecule has 1 heterocycles. The highest BCUT2D eigenvalue weighted by atomic mass is 35.5. The molecule has 6 nitrogen and oxygen atoms in total. The SMILES string of the molecule is CCS(=O)(=O)c1cccc(C2C=CC(CO)(n3cc(C(C)(C)O)nc3Cc3c(Cl)cccc3Cl)C=C2)c1. The second-order valence-corrected chi connectivity index (χ2v) is 12.8. The quantitative estimate of drug-likeness (QED) is 0.360. The molecule has 0 saturated carbocycles. The van der Waals surface area contributed by atoms with Crippen molar-refractivity contribution in [2.24, 2.45) is 0 Å². The van der Waals surface area contributed by atoms with Crippen LogP contribution in [-0.4, -0.2) is 40.5 Å². The number of aliphatic hydroxyl groups is 2. The molecule has 4 rings (SSSR count). The van der Waals surface area contributed by atoms with Gasteiger partial charge in [-0.2, -0.15) is 0 Å². The van der Waals surface area contributed by atoms with Gasteiger partial charge >= 0.3 is 0 Å². The molecule has 1 aromatic heterocycles. The number of hydrogen-bond acceptors (Lipinski definition) is 5. The van der Waals surface area contributed by atoms with Crippen molar-refractivity contribution in [1.29, 1.82) is 0 Å². The third-order valence-electron chi connectivity index (χ3n) is 6.67. The van der Waals surface area contributed by atoms with Crippen LogP contribution in [0, 0.1) is 0 Å². The average Bonchev–Trinajstić information content (AvgIpc) is 3.32. The van der Waals surface area contributed by atoms with Crippen molar-refractivity contribution in [2.45, 2.75) is 49.1 Å². The molecule has 196 valence electrons. The Morgan fingerprint density at radius 1 is 1.08 bits per heavy atom. The van der Waals surface area contributed by atoms with Crippen molar-refractivity contribution in [2.75, 3.05) is 12.4 Å². The van der Waals surface area contributed by atoms with Gasteiger partial charge in [-0.1, -0.05) is 72.6 Å². The Balaban J connectivity index is 1.75. The van der Waals surface area contributed by atoms with Crippen molar-refractivity contribution in [3.05, 3.63) is 106 Å². The fourth-order valence-corrected chi connectivity index (χ4v) is 5.83. The predicted octanol–water partition coefficient (Wildman–Crippen LogP) is 5.40. The zero-order valence-corrected chi connectivity index (χ0v) is 23.2. The summed E-state index contributed by atoms with van der Waals surface area (Å²) in [5, 5.41) is 22.3. The van der Waals surface area contributed by atoms with Crippen LogP contribution < -0.4 is 0 Å². The molecule has 0 aliphatic heterocycles. The molecule has 0 amide bonds. The number of halogens is 2. The van der Waals surface area contributed by atoms with Crippen LogP contribution in [0.25, 0.3) is 0 Å². The second-order valence-electron chi connectivity index (χ2n) is 9.72. The van der Waals surface area contributed by atoms with Gasteiger partial charge in [-0.15, -0.1) is 0 Å². The van der Waals surface area contributed by atoms with Crippen LogP contribution in [0.1, 0.15) is 49.3 Å². The molecule has 9 heteroatoms. The van der Waals surface area contributed by atoms with Gasteiger partial charge in [0, 0.05) is 28.6 Å². The summed E-state index contributed by atoms with van der Waals surface area (Å²) in [5.74, 6) is 0.429. The number of imidazole rings is 1. The molecule has 3 aromatic rings. The number of rotatable bonds is 8. The zero-order valence-electron chi connectivity index (χ0n) is 20.9. The molecule has 0 fully saturated rings. The molecule has 0 unspecified atom stereocenters. The van der Waals surface area contributed by atoms with Crippen molar-refractivity contribution >= 4 is 33.0 Å². The number of aromatic nitrogens is 2. The summed E-state index contributed by atoms with van der Waals surface area (Å²) in [6.07, 6.45) is 9.66. The third kappa shape index (κ3) is 5.56. The lowest BCUT2D eigenvalue weighted by molar-refractivity contribution is 0.0739. The van der Waals surface area contributed by atoms with Crippen molar-refractivity contribution in [3.63, 3.8) is 0 Å². The monoisotopic (exact) mass is 560 g/mol. The van der Waals surface area contributed by atoms with Gasteiger partial charge in [0.2, 0.25) is 0 Å². The van der Waals surface area contributed by atoms with E-state index >= 15 is 0 Å². The Hall–Kier alpha value is -2.42. The summed E-state index contributed by atoms with van der Waals surface area (Å²) in [5.41, 5.74) is -0.206. The lowest BCUT2D eigenvalue weighted by Gasteiger charge is -2.32. The number of aliphatic hydroxyl groups excluding tert-OH is 1. The lowest BCUT2D eigenvalue weighted by Crippen LogP contribution is -2.36. The standard InChI is InChI=1S/C28H30Cl2N2O4S/c1-4-37(35,36)21-8-5-7-20(15-21)19-11-13-28(18-33,14-12-19)32-17-25(27(2,3)34)31-26(32)16-22-23(29)9-6-10-24(22)30/h5-15,17,19,33-34H,4,16,18H2,1-3H3. The summed E-state index contributed by atoms with van der Waals surface area (Å²) >= 11 is 12.9. The maximum atomic E-state index is 12.4. The molecule has 0 spiro atoms. The number of nitrogens with zero attached hydrogens (tertiary/aromatic N) is 2. The fourth-order valence-electron chi connectivity index (χ4n) is 4.36. The van der Waals surface area contributed by atoms with Gasteiger partial charge < -0.3 is 14.8 Å². The Morgan fingerprint density at radius 2 is 1.70 bits per heavy atom. The van der Waals surface area contributed by atoms with Crippen LogP contribution in [0.4, 0.5) is 0 Å². The van der Waals surface area contributed by atoms with Crippen LogP contribution in [0.5, 0.6) is 0 Å². The topological polar surface area (TPSA) is 92.4 Å². The van der Waals surface area contributed by atoms with Crippen molar-refractivity contribution in [1.82, 2.24) is 9.55 Å². The summed E-state index contributed by atoms with van der Waals surface area (Å²) < 4.78 is 26.6. The molecular weight excluding hydrogens is 531 g/mol. The molecule has 0 radical (unpaired) electrons. The molecule has 0 atom stereocenters. The number of benzene rings is 2. The van der Waals surface area contributed by atoms with Crippen LogP contribution >= 0.6 is 23.2 Å². The molecule has 1 aliphatic carbocycles. The first-order valence-electron chi connectivity index (χ1n) is 12.0. The highest BCUT2D eigenvalue weighted by Crippen LogP contribution is 2.36. The van der Waals surface area contributed by atoms with Gasteiger partial charge in [0.05, 0.1) is 22.9 Å². The highest BCUT2D eigenvalue weighted by Gasteiger charge is 2.34. The van der Waals surface area contributed by atoms with E-state index in [9.17, 15) is 18.6 Å². The summed E-state index contributed by atoms with van der Waals surface area (Å²) in [6, 6.07) is 12.2. The smallest absolute Gasteiger partial charge is 0.178 e. The van der Waals surface area contributed by atoms with E-state index in [4.69, 9.17) is 28.2 Å². The molecule has 0 saturated heterocycles. The largest absolute Gasteiger partial charge is 0.393 e. The first-order chi connectivity index (χ1) is 17.4. The Morgan fingerprint density at radius 3 is 2.27 bits per heavy atom. The maximum Gasteiger partial charge on any atom is 0.178 e. The molecule has 2 aromatic carbocycles. The lowest BCUT2D eigenvalue weighted by atomic mass is 9.86. The molecule has 2 N–H and O–H groups in total. The van der Waals surface area contributed by atoms with E-state index in [-0.39, 0.29) is 23.2 Å². The minimum absolute atomic E-state index is 0.0306. The Labute approximate surface area is 227 Å². The van der Waals surface area contributed by atoms with E-state index in [0.29, 0.717) is 33.5 Å². The van der Waals surface area contributed by atoms with Gasteiger partial charge in [-0.3, -0.25) is 0 Å². The number of allylic oxidation sites excluding steroid dienone is 2. The highest BCUT2D eigenvalue weighted by molar-refractivity contribution is 7.91. The minimum atomic E-state index is -3.33. The van der Waals surface area contributed by atoms with Gasteiger partial charge in [0.25, 0.3) is 0 Å².